The molecule has 0 amide bonds. The molecule has 0 saturated carbocycles. The number of nitrogens with zero attached hydrogens (tertiary/aromatic N) is 2. The number of imidazole rings is 1. The van der Waals surface area contributed by atoms with Crippen LogP contribution >= 0.6 is 48.0 Å². The Morgan fingerprint density at radius 3 is 2.72 bits per heavy atom. The molecule has 0 aliphatic heterocycles. The number of aryl methyl sites for hydroxylation is 1. The highest BCUT2D eigenvalue weighted by atomic mass is 35.5. The first-order valence-corrected chi connectivity index (χ1v) is 8.18. The van der Waals surface area contributed by atoms with E-state index in [2.05, 4.69) is 14.9 Å². The summed E-state index contributed by atoms with van der Waals surface area (Å²) in [5.41, 5.74) is 0.811. The van der Waals surface area contributed by atoms with Crippen LogP contribution in [0, 0.1) is 0 Å². The molecule has 0 unspecified atom stereocenters. The van der Waals surface area contributed by atoms with Crippen LogP contribution in [-0.2, 0) is 13.1 Å². The van der Waals surface area contributed by atoms with Crippen molar-refractivity contribution in [1.29, 1.82) is 0 Å². The van der Waals surface area contributed by atoms with Crippen LogP contribution in [0.15, 0.2) is 53.5 Å². The van der Waals surface area contributed by atoms with Crippen LogP contribution in [0.4, 0.5) is 0 Å². The molecule has 4 nitrogen and oxygen atoms in total. The average molecular weight is 423 g/mol. The Morgan fingerprint density at radius 1 is 1.12 bits per heavy atom. The quantitative estimate of drug-likeness (QED) is 0.513. The Morgan fingerprint density at radius 2 is 1.96 bits per heavy atom. The number of hydrogen-bond donors (Lipinski definition) is 1. The molecule has 8 heteroatoms. The van der Waals surface area contributed by atoms with Gasteiger partial charge < -0.3 is 14.3 Å². The minimum absolute atomic E-state index is 0. The summed E-state index contributed by atoms with van der Waals surface area (Å²) < 4.78 is 7.90. The zero-order chi connectivity index (χ0) is 16.1. The highest BCUT2D eigenvalue weighted by Crippen LogP contribution is 2.31. The first-order chi connectivity index (χ1) is 11.2. The van der Waals surface area contributed by atoms with E-state index in [1.165, 1.54) is 0 Å². The predicted molar refractivity (Wildman–Crippen MR) is 107 cm³/mol. The maximum Gasteiger partial charge on any atom is 0.135 e. The standard InChI is InChI=1S/C17H17Cl2N3O.2ClH/c18-13-2-4-16(19)15(10-13)17-5-3-14(23-17)11-20-6-1-8-22-9-7-21-12-22;;/h2-5,7,9-10,12,20H,1,6,8,11H2;2*1H. The van der Waals surface area contributed by atoms with Crippen molar-refractivity contribution in [3.8, 4) is 11.3 Å². The van der Waals surface area contributed by atoms with Crippen LogP contribution < -0.4 is 5.32 Å². The Hall–Kier alpha value is -1.17. The van der Waals surface area contributed by atoms with Crippen molar-refractivity contribution in [2.24, 2.45) is 0 Å². The SMILES string of the molecule is Cl.Cl.Clc1ccc(Cl)c(-c2ccc(CNCCCn3ccnc3)o2)c1. The van der Waals surface area contributed by atoms with E-state index in [9.17, 15) is 0 Å². The zero-order valence-electron chi connectivity index (χ0n) is 13.3. The fourth-order valence-electron chi connectivity index (χ4n) is 2.32. The van der Waals surface area contributed by atoms with Crippen LogP contribution in [0.5, 0.6) is 0 Å². The lowest BCUT2D eigenvalue weighted by Crippen LogP contribution is -2.15. The number of aromatic nitrogens is 2. The monoisotopic (exact) mass is 421 g/mol. The Balaban J connectivity index is 0.00000156. The lowest BCUT2D eigenvalue weighted by Gasteiger charge is -2.04. The van der Waals surface area contributed by atoms with E-state index in [1.807, 2.05) is 30.7 Å². The Kier molecular flexibility index (Phi) is 9.39. The molecule has 1 aromatic carbocycles. The van der Waals surface area contributed by atoms with Gasteiger partial charge in [-0.15, -0.1) is 24.8 Å². The third kappa shape index (κ3) is 6.24. The number of hydrogen-bond acceptors (Lipinski definition) is 3. The third-order valence-corrected chi connectivity index (χ3v) is 4.05. The van der Waals surface area contributed by atoms with Crippen LogP contribution in [0.1, 0.15) is 12.2 Å². The summed E-state index contributed by atoms with van der Waals surface area (Å²) in [5.74, 6) is 1.60. The van der Waals surface area contributed by atoms with Crippen molar-refractivity contribution in [1.82, 2.24) is 14.9 Å². The van der Waals surface area contributed by atoms with Crippen molar-refractivity contribution in [2.75, 3.05) is 6.54 Å². The van der Waals surface area contributed by atoms with Gasteiger partial charge in [-0.25, -0.2) is 4.98 Å². The summed E-state index contributed by atoms with van der Waals surface area (Å²) in [5, 5.41) is 4.64. The Bertz CT molecular complexity index is 759. The summed E-state index contributed by atoms with van der Waals surface area (Å²) in [4.78, 5) is 4.02. The molecule has 0 atom stereocenters. The highest BCUT2D eigenvalue weighted by molar-refractivity contribution is 6.35. The van der Waals surface area contributed by atoms with Gasteiger partial charge in [0.2, 0.25) is 0 Å². The zero-order valence-corrected chi connectivity index (χ0v) is 16.5. The van der Waals surface area contributed by atoms with E-state index in [4.69, 9.17) is 27.6 Å². The first-order valence-electron chi connectivity index (χ1n) is 7.43. The van der Waals surface area contributed by atoms with E-state index in [-0.39, 0.29) is 24.8 Å². The Labute approximate surface area is 169 Å². The molecular formula is C17H19Cl4N3O. The number of furan rings is 1. The van der Waals surface area contributed by atoms with E-state index in [0.717, 1.165) is 36.6 Å². The second kappa shape index (κ2) is 10.7. The van der Waals surface area contributed by atoms with Gasteiger partial charge in [0.05, 0.1) is 17.9 Å². The second-order valence-corrected chi connectivity index (χ2v) is 6.06. The molecule has 2 heterocycles. The number of rotatable bonds is 7. The minimum Gasteiger partial charge on any atom is -0.460 e. The average Bonchev–Trinajstić information content (AvgIpc) is 3.21. The fraction of sp³-hybridized carbons (Fsp3) is 0.235. The second-order valence-electron chi connectivity index (χ2n) is 5.22. The van der Waals surface area contributed by atoms with Gasteiger partial charge in [0.15, 0.2) is 0 Å². The van der Waals surface area contributed by atoms with E-state index < -0.39 is 0 Å². The molecular weight excluding hydrogens is 404 g/mol. The van der Waals surface area contributed by atoms with E-state index in [0.29, 0.717) is 16.6 Å². The molecule has 3 rings (SSSR count). The van der Waals surface area contributed by atoms with Crippen LogP contribution in [-0.4, -0.2) is 16.1 Å². The topological polar surface area (TPSA) is 43.0 Å². The molecule has 1 N–H and O–H groups in total. The molecule has 0 saturated heterocycles. The first kappa shape index (κ1) is 21.9. The lowest BCUT2D eigenvalue weighted by atomic mass is 10.2. The molecule has 0 radical (unpaired) electrons. The van der Waals surface area contributed by atoms with Gasteiger partial charge in [-0.3, -0.25) is 0 Å². The van der Waals surface area contributed by atoms with Crippen LogP contribution in [0.2, 0.25) is 10.0 Å². The summed E-state index contributed by atoms with van der Waals surface area (Å²) in [6, 6.07) is 9.22. The normalized spacial score (nSPS) is 10.2. The van der Waals surface area contributed by atoms with E-state index in [1.54, 1.807) is 18.3 Å². The largest absolute Gasteiger partial charge is 0.460 e. The van der Waals surface area contributed by atoms with Crippen molar-refractivity contribution >= 4 is 48.0 Å². The van der Waals surface area contributed by atoms with Crippen molar-refractivity contribution in [3.05, 3.63) is 64.9 Å². The van der Waals surface area contributed by atoms with Crippen molar-refractivity contribution < 1.29 is 4.42 Å². The highest BCUT2D eigenvalue weighted by Gasteiger charge is 2.09. The maximum atomic E-state index is 6.19. The summed E-state index contributed by atoms with van der Waals surface area (Å²) in [7, 11) is 0. The fourth-order valence-corrected chi connectivity index (χ4v) is 2.70. The van der Waals surface area contributed by atoms with Crippen LogP contribution in [0.3, 0.4) is 0 Å². The van der Waals surface area contributed by atoms with Crippen molar-refractivity contribution in [3.63, 3.8) is 0 Å². The molecule has 0 fully saturated rings. The maximum absolute atomic E-state index is 6.19. The lowest BCUT2D eigenvalue weighted by molar-refractivity contribution is 0.484. The molecule has 0 aliphatic carbocycles. The van der Waals surface area contributed by atoms with Crippen LogP contribution in [0.25, 0.3) is 11.3 Å². The molecule has 136 valence electrons. The number of nitrogens with one attached hydrogen (secondary N) is 1. The molecule has 3 aromatic rings. The van der Waals surface area contributed by atoms with Gasteiger partial charge in [-0.2, -0.15) is 0 Å². The van der Waals surface area contributed by atoms with Gasteiger partial charge >= 0.3 is 0 Å². The van der Waals surface area contributed by atoms with Gasteiger partial charge in [-0.05, 0) is 43.3 Å². The van der Waals surface area contributed by atoms with Gasteiger partial charge in [0.25, 0.3) is 0 Å². The predicted octanol–water partition coefficient (Wildman–Crippen LogP) is 5.47. The van der Waals surface area contributed by atoms with E-state index >= 15 is 0 Å². The molecule has 0 spiro atoms. The van der Waals surface area contributed by atoms with Gasteiger partial charge in [-0.1, -0.05) is 23.2 Å². The molecule has 25 heavy (non-hydrogen) atoms. The van der Waals surface area contributed by atoms with Crippen molar-refractivity contribution in [2.45, 2.75) is 19.5 Å². The van der Waals surface area contributed by atoms with Gasteiger partial charge in [0, 0.05) is 29.5 Å². The molecule has 0 aliphatic rings. The smallest absolute Gasteiger partial charge is 0.135 e. The van der Waals surface area contributed by atoms with Gasteiger partial charge in [0.1, 0.15) is 11.5 Å². The third-order valence-electron chi connectivity index (χ3n) is 3.48. The summed E-state index contributed by atoms with van der Waals surface area (Å²) in [6.07, 6.45) is 6.61. The number of benzene rings is 1. The molecule has 0 bridgehead atoms. The summed E-state index contributed by atoms with van der Waals surface area (Å²) in [6.45, 7) is 2.54. The number of halogens is 4. The summed E-state index contributed by atoms with van der Waals surface area (Å²) >= 11 is 12.2. The minimum atomic E-state index is 0. The molecule has 2 aromatic heterocycles.